The summed E-state index contributed by atoms with van der Waals surface area (Å²) in [6.45, 7) is 2.90. The van der Waals surface area contributed by atoms with E-state index in [2.05, 4.69) is 26.0 Å². The van der Waals surface area contributed by atoms with Crippen LogP contribution < -0.4 is 0 Å². The van der Waals surface area contributed by atoms with E-state index in [9.17, 15) is 9.18 Å². The van der Waals surface area contributed by atoms with Crippen molar-refractivity contribution in [2.24, 2.45) is 0 Å². The fourth-order valence-electron chi connectivity index (χ4n) is 3.28. The van der Waals surface area contributed by atoms with Crippen LogP contribution in [-0.4, -0.2) is 31.9 Å². The summed E-state index contributed by atoms with van der Waals surface area (Å²) in [6, 6.07) is 2.56. The monoisotopic (exact) mass is 406 g/mol. The maximum atomic E-state index is 14.3. The molecule has 25 heavy (non-hydrogen) atoms. The van der Waals surface area contributed by atoms with Crippen molar-refractivity contribution in [1.82, 2.24) is 19.3 Å². The molecule has 1 unspecified atom stereocenters. The highest BCUT2D eigenvalue weighted by Crippen LogP contribution is 2.30. The second kappa shape index (κ2) is 6.25. The van der Waals surface area contributed by atoms with E-state index in [0.717, 1.165) is 25.1 Å². The number of benzene rings is 1. The van der Waals surface area contributed by atoms with E-state index in [-0.39, 0.29) is 12.1 Å². The first-order chi connectivity index (χ1) is 12.1. The molecule has 8 heteroatoms. The number of aryl methyl sites for hydroxylation is 1. The summed E-state index contributed by atoms with van der Waals surface area (Å²) >= 11 is 3.16. The smallest absolute Gasteiger partial charge is 0.337 e. The van der Waals surface area contributed by atoms with Crippen molar-refractivity contribution < 1.29 is 13.9 Å². The Labute approximate surface area is 151 Å². The molecule has 0 saturated heterocycles. The lowest BCUT2D eigenvalue weighted by atomic mass is 10.1. The van der Waals surface area contributed by atoms with Crippen LogP contribution in [0.25, 0.3) is 10.9 Å². The Bertz CT molecular complexity index is 965. The number of rotatable bonds is 4. The second-order valence-electron chi connectivity index (χ2n) is 5.94. The van der Waals surface area contributed by atoms with Crippen LogP contribution in [0.2, 0.25) is 0 Å². The molecule has 0 aliphatic carbocycles. The quantitative estimate of drug-likeness (QED) is 0.624. The SMILES string of the molecule is CCOC(=O)C(c1ncn2c1CCC2)n1cc2ccc(Br)c(F)c2n1. The van der Waals surface area contributed by atoms with Crippen molar-refractivity contribution in [2.45, 2.75) is 32.4 Å². The van der Waals surface area contributed by atoms with Gasteiger partial charge in [-0.15, -0.1) is 0 Å². The summed E-state index contributed by atoms with van der Waals surface area (Å²) in [5.41, 5.74) is 1.85. The lowest BCUT2D eigenvalue weighted by Gasteiger charge is -2.15. The van der Waals surface area contributed by atoms with Crippen molar-refractivity contribution >= 4 is 32.8 Å². The Morgan fingerprint density at radius 1 is 1.48 bits per heavy atom. The first-order valence-electron chi connectivity index (χ1n) is 8.13. The summed E-state index contributed by atoms with van der Waals surface area (Å²) in [4.78, 5) is 17.1. The summed E-state index contributed by atoms with van der Waals surface area (Å²) in [6.07, 6.45) is 5.27. The summed E-state index contributed by atoms with van der Waals surface area (Å²) in [5, 5.41) is 4.94. The molecule has 1 atom stereocenters. The van der Waals surface area contributed by atoms with Gasteiger partial charge in [0.1, 0.15) is 5.52 Å². The summed E-state index contributed by atoms with van der Waals surface area (Å²) in [7, 11) is 0. The van der Waals surface area contributed by atoms with Crippen molar-refractivity contribution in [3.8, 4) is 0 Å². The maximum absolute atomic E-state index is 14.3. The standard InChI is InChI=1S/C17H16BrFN4O2/c1-2-25-17(24)16(15-12-4-3-7-22(12)9-20-15)23-8-10-5-6-11(18)13(19)14(10)21-23/h5-6,8-9,16H,2-4,7H2,1H3. The highest BCUT2D eigenvalue weighted by atomic mass is 79.9. The minimum absolute atomic E-state index is 0.208. The highest BCUT2D eigenvalue weighted by Gasteiger charge is 2.32. The first kappa shape index (κ1) is 16.3. The van der Waals surface area contributed by atoms with E-state index in [0.29, 0.717) is 15.6 Å². The third-order valence-electron chi connectivity index (χ3n) is 4.41. The lowest BCUT2D eigenvalue weighted by molar-refractivity contribution is -0.146. The largest absolute Gasteiger partial charge is 0.464 e. The fourth-order valence-corrected chi connectivity index (χ4v) is 3.60. The number of imidazole rings is 1. The van der Waals surface area contributed by atoms with Gasteiger partial charge in [0.25, 0.3) is 0 Å². The minimum Gasteiger partial charge on any atom is -0.464 e. The van der Waals surface area contributed by atoms with Crippen LogP contribution in [-0.2, 0) is 22.5 Å². The molecule has 3 heterocycles. The zero-order valence-electron chi connectivity index (χ0n) is 13.6. The number of aromatic nitrogens is 4. The van der Waals surface area contributed by atoms with Crippen molar-refractivity contribution in [2.75, 3.05) is 6.61 Å². The molecule has 0 N–H and O–H groups in total. The van der Waals surface area contributed by atoms with Crippen LogP contribution in [0.3, 0.4) is 0 Å². The van der Waals surface area contributed by atoms with Crippen molar-refractivity contribution in [3.05, 3.63) is 46.3 Å². The number of hydrogen-bond acceptors (Lipinski definition) is 4. The van der Waals surface area contributed by atoms with Gasteiger partial charge in [0.15, 0.2) is 11.9 Å². The molecule has 6 nitrogen and oxygen atoms in total. The number of ether oxygens (including phenoxy) is 1. The predicted molar refractivity (Wildman–Crippen MR) is 92.7 cm³/mol. The fraction of sp³-hybridized carbons (Fsp3) is 0.353. The van der Waals surface area contributed by atoms with Gasteiger partial charge in [0.05, 0.1) is 23.1 Å². The molecule has 4 rings (SSSR count). The predicted octanol–water partition coefficient (Wildman–Crippen LogP) is 3.23. The Morgan fingerprint density at radius 3 is 3.12 bits per heavy atom. The minimum atomic E-state index is -0.820. The molecule has 1 aliphatic rings. The third kappa shape index (κ3) is 2.64. The topological polar surface area (TPSA) is 61.9 Å². The van der Waals surface area contributed by atoms with Gasteiger partial charge in [0.2, 0.25) is 0 Å². The average Bonchev–Trinajstić information content (AvgIpc) is 3.28. The Hall–Kier alpha value is -2.22. The molecule has 0 spiro atoms. The van der Waals surface area contributed by atoms with Gasteiger partial charge in [-0.2, -0.15) is 5.10 Å². The lowest BCUT2D eigenvalue weighted by Crippen LogP contribution is -2.25. The van der Waals surface area contributed by atoms with E-state index >= 15 is 0 Å². The number of halogens is 2. The molecule has 2 aromatic heterocycles. The Kier molecular flexibility index (Phi) is 4.07. The number of hydrogen-bond donors (Lipinski definition) is 0. The number of esters is 1. The van der Waals surface area contributed by atoms with E-state index in [1.165, 1.54) is 4.68 Å². The molecule has 3 aromatic rings. The molecule has 0 bridgehead atoms. The van der Waals surface area contributed by atoms with Gasteiger partial charge in [-0.25, -0.2) is 14.2 Å². The Balaban J connectivity index is 1.86. The summed E-state index contributed by atoms with van der Waals surface area (Å²) < 4.78 is 23.4. The third-order valence-corrected chi connectivity index (χ3v) is 5.02. The zero-order valence-corrected chi connectivity index (χ0v) is 15.2. The first-order valence-corrected chi connectivity index (χ1v) is 8.93. The van der Waals surface area contributed by atoms with Crippen LogP contribution in [0.5, 0.6) is 0 Å². The number of fused-ring (bicyclic) bond motifs is 2. The van der Waals surface area contributed by atoms with E-state index in [1.54, 1.807) is 31.6 Å². The molecule has 1 aliphatic heterocycles. The number of carbonyl (C=O) groups excluding carboxylic acids is 1. The van der Waals surface area contributed by atoms with Crippen LogP contribution >= 0.6 is 15.9 Å². The van der Waals surface area contributed by atoms with Gasteiger partial charge in [-0.1, -0.05) is 0 Å². The highest BCUT2D eigenvalue weighted by molar-refractivity contribution is 9.10. The zero-order chi connectivity index (χ0) is 17.6. The maximum Gasteiger partial charge on any atom is 0.337 e. The molecule has 0 amide bonds. The number of nitrogens with zero attached hydrogens (tertiary/aromatic N) is 4. The summed E-state index contributed by atoms with van der Waals surface area (Å²) in [5.74, 6) is -0.892. The van der Waals surface area contributed by atoms with Crippen molar-refractivity contribution in [3.63, 3.8) is 0 Å². The van der Waals surface area contributed by atoms with E-state index < -0.39 is 17.8 Å². The molecular weight excluding hydrogens is 391 g/mol. The van der Waals surface area contributed by atoms with Crippen LogP contribution in [0, 0.1) is 5.82 Å². The van der Waals surface area contributed by atoms with Gasteiger partial charge in [-0.3, -0.25) is 4.68 Å². The van der Waals surface area contributed by atoms with Gasteiger partial charge in [-0.05, 0) is 47.8 Å². The van der Waals surface area contributed by atoms with E-state index in [4.69, 9.17) is 4.74 Å². The van der Waals surface area contributed by atoms with Gasteiger partial charge in [0, 0.05) is 23.8 Å². The van der Waals surface area contributed by atoms with Crippen LogP contribution in [0.1, 0.15) is 30.8 Å². The van der Waals surface area contributed by atoms with Gasteiger partial charge < -0.3 is 9.30 Å². The normalized spacial score (nSPS) is 14.7. The van der Waals surface area contributed by atoms with Gasteiger partial charge >= 0.3 is 5.97 Å². The molecule has 0 fully saturated rings. The average molecular weight is 407 g/mol. The van der Waals surface area contributed by atoms with E-state index in [1.807, 2.05) is 4.57 Å². The van der Waals surface area contributed by atoms with Crippen molar-refractivity contribution in [1.29, 1.82) is 0 Å². The molecule has 0 radical (unpaired) electrons. The molecule has 0 saturated carbocycles. The van der Waals surface area contributed by atoms with Crippen LogP contribution in [0.4, 0.5) is 4.39 Å². The molecule has 1 aromatic carbocycles. The second-order valence-corrected chi connectivity index (χ2v) is 6.79. The number of carbonyl (C=O) groups is 1. The van der Waals surface area contributed by atoms with Crippen LogP contribution in [0.15, 0.2) is 29.1 Å². The molecule has 130 valence electrons. The Morgan fingerprint density at radius 2 is 2.32 bits per heavy atom. The molecular formula is C17H16BrFN4O2.